The highest BCUT2D eigenvalue weighted by Crippen LogP contribution is 2.28. The van der Waals surface area contributed by atoms with E-state index < -0.39 is 0 Å². The van der Waals surface area contributed by atoms with Crippen molar-refractivity contribution in [3.63, 3.8) is 0 Å². The molecule has 3 rings (SSSR count). The summed E-state index contributed by atoms with van der Waals surface area (Å²) in [5.41, 5.74) is 0. The Hall–Kier alpha value is -1.89. The summed E-state index contributed by atoms with van der Waals surface area (Å²) in [6, 6.07) is 3.95. The zero-order chi connectivity index (χ0) is 16.2. The van der Waals surface area contributed by atoms with Gasteiger partial charge in [-0.2, -0.15) is 0 Å². The van der Waals surface area contributed by atoms with E-state index >= 15 is 0 Å². The first-order valence-corrected chi connectivity index (χ1v) is 9.05. The zero-order valence-electron chi connectivity index (χ0n) is 13.7. The molecule has 0 saturated carbocycles. The summed E-state index contributed by atoms with van der Waals surface area (Å²) in [6.45, 7) is 7.33. The van der Waals surface area contributed by atoms with Crippen molar-refractivity contribution < 1.29 is 4.79 Å². The fourth-order valence-corrected chi connectivity index (χ4v) is 3.90. The number of aromatic nitrogens is 3. The first kappa shape index (κ1) is 16.0. The van der Waals surface area contributed by atoms with Crippen LogP contribution >= 0.6 is 11.3 Å². The van der Waals surface area contributed by atoms with Gasteiger partial charge in [-0.25, -0.2) is 0 Å². The van der Waals surface area contributed by atoms with Crippen molar-refractivity contribution >= 4 is 22.4 Å². The number of carbonyl (C=O) groups excluding carboxylic acids is 1. The number of carbonyl (C=O) groups is 1. The van der Waals surface area contributed by atoms with Gasteiger partial charge < -0.3 is 9.80 Å². The van der Waals surface area contributed by atoms with Crippen LogP contribution in [0.5, 0.6) is 0 Å². The number of hydrogen-bond acceptors (Lipinski definition) is 5. The van der Waals surface area contributed by atoms with Crippen LogP contribution in [0.4, 0.5) is 5.13 Å². The first-order valence-electron chi connectivity index (χ1n) is 8.23. The normalized spacial score (nSPS) is 18.2. The third-order valence-corrected chi connectivity index (χ3v) is 5.34. The largest absolute Gasteiger partial charge is 0.346 e. The minimum absolute atomic E-state index is 0.0718. The molecule has 2 aromatic rings. The number of anilines is 1. The summed E-state index contributed by atoms with van der Waals surface area (Å²) in [7, 11) is 0. The lowest BCUT2D eigenvalue weighted by Crippen LogP contribution is -2.44. The maximum atomic E-state index is 12.6. The van der Waals surface area contributed by atoms with Crippen molar-refractivity contribution in [1.29, 1.82) is 0 Å². The summed E-state index contributed by atoms with van der Waals surface area (Å²) in [5, 5.41) is 10.4. The second-order valence-electron chi connectivity index (χ2n) is 5.75. The molecule has 0 N–H and O–H groups in total. The van der Waals surface area contributed by atoms with Crippen LogP contribution in [0.1, 0.15) is 26.7 Å². The zero-order valence-corrected chi connectivity index (χ0v) is 14.5. The van der Waals surface area contributed by atoms with E-state index in [9.17, 15) is 4.79 Å². The van der Waals surface area contributed by atoms with Gasteiger partial charge in [0, 0.05) is 38.6 Å². The lowest BCUT2D eigenvalue weighted by atomic mass is 9.97. The quantitative estimate of drug-likeness (QED) is 0.843. The van der Waals surface area contributed by atoms with Gasteiger partial charge in [0.1, 0.15) is 0 Å². The number of piperidine rings is 1. The summed E-state index contributed by atoms with van der Waals surface area (Å²) >= 11 is 1.57. The SMILES string of the molecule is CCN(CC)C(=O)[C@H]1CCCN(c2nnc(-n3cccc3)s2)C1. The highest BCUT2D eigenvalue weighted by Gasteiger charge is 2.29. The van der Waals surface area contributed by atoms with Gasteiger partial charge in [-0.3, -0.25) is 9.36 Å². The van der Waals surface area contributed by atoms with E-state index in [1.165, 1.54) is 0 Å². The van der Waals surface area contributed by atoms with Gasteiger partial charge >= 0.3 is 0 Å². The Kier molecular flexibility index (Phi) is 4.95. The molecule has 0 aromatic carbocycles. The molecule has 6 nitrogen and oxygen atoms in total. The van der Waals surface area contributed by atoms with E-state index in [1.807, 2.05) is 47.8 Å². The van der Waals surface area contributed by atoms with Crippen LogP contribution in [-0.4, -0.2) is 51.8 Å². The Labute approximate surface area is 140 Å². The Morgan fingerprint density at radius 1 is 1.26 bits per heavy atom. The first-order chi connectivity index (χ1) is 11.2. The molecule has 0 bridgehead atoms. The monoisotopic (exact) mass is 333 g/mol. The van der Waals surface area contributed by atoms with Gasteiger partial charge in [0.15, 0.2) is 0 Å². The second kappa shape index (κ2) is 7.12. The maximum absolute atomic E-state index is 12.6. The van der Waals surface area contributed by atoms with E-state index in [1.54, 1.807) is 11.3 Å². The van der Waals surface area contributed by atoms with E-state index in [2.05, 4.69) is 15.1 Å². The number of rotatable bonds is 5. The van der Waals surface area contributed by atoms with E-state index in [0.29, 0.717) is 0 Å². The Morgan fingerprint density at radius 3 is 2.65 bits per heavy atom. The van der Waals surface area contributed by atoms with Crippen molar-refractivity contribution in [2.24, 2.45) is 5.92 Å². The average molecular weight is 333 g/mol. The molecule has 0 radical (unpaired) electrons. The number of hydrogen-bond donors (Lipinski definition) is 0. The highest BCUT2D eigenvalue weighted by atomic mass is 32.1. The summed E-state index contributed by atoms with van der Waals surface area (Å²) in [6.07, 6.45) is 5.92. The molecule has 0 spiro atoms. The molecular formula is C16H23N5OS. The molecule has 124 valence electrons. The molecule has 1 aliphatic rings. The van der Waals surface area contributed by atoms with Crippen LogP contribution in [0.25, 0.3) is 5.13 Å². The molecule has 1 atom stereocenters. The van der Waals surface area contributed by atoms with Crippen LogP contribution in [0.2, 0.25) is 0 Å². The van der Waals surface area contributed by atoms with E-state index in [0.717, 1.165) is 49.3 Å². The summed E-state index contributed by atoms with van der Waals surface area (Å²) in [4.78, 5) is 16.7. The van der Waals surface area contributed by atoms with Crippen molar-refractivity contribution in [3.8, 4) is 5.13 Å². The van der Waals surface area contributed by atoms with Crippen LogP contribution < -0.4 is 4.90 Å². The van der Waals surface area contributed by atoms with Crippen LogP contribution in [0.15, 0.2) is 24.5 Å². The Morgan fingerprint density at radius 2 is 1.96 bits per heavy atom. The van der Waals surface area contributed by atoms with E-state index in [-0.39, 0.29) is 11.8 Å². The van der Waals surface area contributed by atoms with Crippen molar-refractivity contribution in [2.75, 3.05) is 31.1 Å². The summed E-state index contributed by atoms with van der Waals surface area (Å²) < 4.78 is 1.96. The van der Waals surface area contributed by atoms with Crippen LogP contribution in [-0.2, 0) is 4.79 Å². The highest BCUT2D eigenvalue weighted by molar-refractivity contribution is 7.17. The van der Waals surface area contributed by atoms with Gasteiger partial charge in [-0.1, -0.05) is 11.3 Å². The second-order valence-corrected chi connectivity index (χ2v) is 6.69. The topological polar surface area (TPSA) is 54.3 Å². The molecule has 0 unspecified atom stereocenters. The minimum Gasteiger partial charge on any atom is -0.346 e. The van der Waals surface area contributed by atoms with Gasteiger partial charge in [-0.15, -0.1) is 10.2 Å². The predicted molar refractivity (Wildman–Crippen MR) is 92.1 cm³/mol. The molecule has 2 aromatic heterocycles. The van der Waals surface area contributed by atoms with Gasteiger partial charge in [0.2, 0.25) is 16.2 Å². The Balaban J connectivity index is 1.70. The predicted octanol–water partition coefficient (Wildman–Crippen LogP) is 2.41. The van der Waals surface area contributed by atoms with Gasteiger partial charge in [0.05, 0.1) is 5.92 Å². The number of nitrogens with zero attached hydrogens (tertiary/aromatic N) is 5. The molecule has 1 aliphatic heterocycles. The van der Waals surface area contributed by atoms with Crippen molar-refractivity contribution in [2.45, 2.75) is 26.7 Å². The fourth-order valence-electron chi connectivity index (χ4n) is 3.05. The third-order valence-electron chi connectivity index (χ3n) is 4.35. The van der Waals surface area contributed by atoms with Gasteiger partial charge in [-0.05, 0) is 38.8 Å². The minimum atomic E-state index is 0.0718. The molecule has 7 heteroatoms. The third kappa shape index (κ3) is 3.39. The van der Waals surface area contributed by atoms with Gasteiger partial charge in [0.25, 0.3) is 0 Å². The van der Waals surface area contributed by atoms with Crippen LogP contribution in [0.3, 0.4) is 0 Å². The molecule has 0 aliphatic carbocycles. The average Bonchev–Trinajstić information content (AvgIpc) is 3.27. The molecule has 1 fully saturated rings. The maximum Gasteiger partial charge on any atom is 0.227 e. The fraction of sp³-hybridized carbons (Fsp3) is 0.562. The summed E-state index contributed by atoms with van der Waals surface area (Å²) in [5.74, 6) is 0.345. The van der Waals surface area contributed by atoms with Crippen LogP contribution in [0, 0.1) is 5.92 Å². The number of amides is 1. The Bertz CT molecular complexity index is 635. The molecule has 3 heterocycles. The van der Waals surface area contributed by atoms with E-state index in [4.69, 9.17) is 0 Å². The lowest BCUT2D eigenvalue weighted by Gasteiger charge is -2.34. The molecule has 1 saturated heterocycles. The standard InChI is InChI=1S/C16H23N5OS/c1-3-19(4-2)14(22)13-8-7-11-21(12-13)16-18-17-15(23-16)20-9-5-6-10-20/h5-6,9-10,13H,3-4,7-8,11-12H2,1-2H3/t13-/m0/s1. The van der Waals surface area contributed by atoms with Crippen molar-refractivity contribution in [3.05, 3.63) is 24.5 Å². The molecular weight excluding hydrogens is 310 g/mol. The molecule has 1 amide bonds. The smallest absolute Gasteiger partial charge is 0.227 e. The molecule has 23 heavy (non-hydrogen) atoms. The lowest BCUT2D eigenvalue weighted by molar-refractivity contribution is -0.135. The van der Waals surface area contributed by atoms with Crippen molar-refractivity contribution in [1.82, 2.24) is 19.7 Å².